The molecule has 1 aromatic rings. The summed E-state index contributed by atoms with van der Waals surface area (Å²) in [6, 6.07) is 6.35. The number of rotatable bonds is 5. The number of hydrogen-bond donors (Lipinski definition) is 1. The van der Waals surface area contributed by atoms with Crippen LogP contribution in [0, 0.1) is 12.3 Å². The number of hydrogen-bond acceptors (Lipinski definition) is 3. The molecule has 1 atom stereocenters. The Morgan fingerprint density at radius 1 is 1.39 bits per heavy atom. The Morgan fingerprint density at radius 2 is 2.22 bits per heavy atom. The first-order chi connectivity index (χ1) is 8.85. The van der Waals surface area contributed by atoms with Crippen LogP contribution in [0.15, 0.2) is 18.2 Å². The summed E-state index contributed by atoms with van der Waals surface area (Å²) in [7, 11) is 0. The van der Waals surface area contributed by atoms with Crippen LogP contribution in [-0.4, -0.2) is 19.3 Å². The molecule has 0 saturated carbocycles. The van der Waals surface area contributed by atoms with Gasteiger partial charge in [-0.15, -0.1) is 12.3 Å². The number of ether oxygens (including phenoxy) is 2. The van der Waals surface area contributed by atoms with E-state index in [1.54, 1.807) is 0 Å². The standard InChI is InChI=1S/C15H19NO2/c1-3-6-13(4-2)16-11-12-7-5-8-14-15(12)18-10-9-17-14/h1,5,7-8,13,16H,4,6,9-11H2,2H3. The Hall–Kier alpha value is -1.66. The minimum Gasteiger partial charge on any atom is -0.486 e. The van der Waals surface area contributed by atoms with E-state index in [0.717, 1.165) is 36.4 Å². The van der Waals surface area contributed by atoms with E-state index in [2.05, 4.69) is 24.2 Å². The molecule has 1 aromatic carbocycles. The van der Waals surface area contributed by atoms with Gasteiger partial charge in [0.25, 0.3) is 0 Å². The van der Waals surface area contributed by atoms with Gasteiger partial charge in [-0.2, -0.15) is 0 Å². The van der Waals surface area contributed by atoms with Gasteiger partial charge >= 0.3 is 0 Å². The van der Waals surface area contributed by atoms with Crippen LogP contribution >= 0.6 is 0 Å². The molecule has 1 heterocycles. The normalized spacial score (nSPS) is 14.9. The molecular formula is C15H19NO2. The van der Waals surface area contributed by atoms with E-state index < -0.39 is 0 Å². The zero-order valence-corrected chi connectivity index (χ0v) is 10.7. The van der Waals surface area contributed by atoms with E-state index in [-0.39, 0.29) is 0 Å². The highest BCUT2D eigenvalue weighted by molar-refractivity contribution is 5.47. The topological polar surface area (TPSA) is 30.5 Å². The lowest BCUT2D eigenvalue weighted by Gasteiger charge is -2.22. The van der Waals surface area contributed by atoms with E-state index in [1.165, 1.54) is 0 Å². The minimum absolute atomic E-state index is 0.357. The average Bonchev–Trinajstić information content (AvgIpc) is 2.43. The van der Waals surface area contributed by atoms with Gasteiger partial charge in [0.05, 0.1) is 0 Å². The molecule has 18 heavy (non-hydrogen) atoms. The molecule has 0 spiro atoms. The lowest BCUT2D eigenvalue weighted by atomic mass is 10.1. The zero-order chi connectivity index (χ0) is 12.8. The van der Waals surface area contributed by atoms with Gasteiger partial charge in [-0.05, 0) is 12.5 Å². The van der Waals surface area contributed by atoms with Crippen LogP contribution in [0.25, 0.3) is 0 Å². The number of terminal acetylenes is 1. The van der Waals surface area contributed by atoms with E-state index in [4.69, 9.17) is 15.9 Å². The van der Waals surface area contributed by atoms with Crippen molar-refractivity contribution in [3.05, 3.63) is 23.8 Å². The molecule has 2 rings (SSSR count). The lowest BCUT2D eigenvalue weighted by molar-refractivity contribution is 0.169. The third-order valence-electron chi connectivity index (χ3n) is 3.09. The second kappa shape index (κ2) is 6.32. The fraction of sp³-hybridized carbons (Fsp3) is 0.467. The van der Waals surface area contributed by atoms with Crippen LogP contribution in [0.3, 0.4) is 0 Å². The van der Waals surface area contributed by atoms with Crippen molar-refractivity contribution in [3.8, 4) is 23.8 Å². The Labute approximate surface area is 108 Å². The molecule has 0 aliphatic carbocycles. The number of benzene rings is 1. The predicted octanol–water partition coefficient (Wildman–Crippen LogP) is 2.35. The van der Waals surface area contributed by atoms with Crippen LogP contribution in [0.1, 0.15) is 25.3 Å². The third kappa shape index (κ3) is 2.96. The van der Waals surface area contributed by atoms with Crippen molar-refractivity contribution in [3.63, 3.8) is 0 Å². The van der Waals surface area contributed by atoms with Gasteiger partial charge < -0.3 is 14.8 Å². The van der Waals surface area contributed by atoms with Gasteiger partial charge in [0.15, 0.2) is 11.5 Å². The van der Waals surface area contributed by atoms with Gasteiger partial charge in [-0.1, -0.05) is 19.1 Å². The fourth-order valence-electron chi connectivity index (χ4n) is 2.03. The molecule has 0 aromatic heterocycles. The van der Waals surface area contributed by atoms with Gasteiger partial charge in [0, 0.05) is 24.6 Å². The smallest absolute Gasteiger partial charge is 0.165 e. The number of para-hydroxylation sites is 1. The van der Waals surface area contributed by atoms with Crippen LogP contribution < -0.4 is 14.8 Å². The highest BCUT2D eigenvalue weighted by atomic mass is 16.6. The highest BCUT2D eigenvalue weighted by Gasteiger charge is 2.15. The van der Waals surface area contributed by atoms with Crippen molar-refractivity contribution in [2.45, 2.75) is 32.4 Å². The predicted molar refractivity (Wildman–Crippen MR) is 71.8 cm³/mol. The summed E-state index contributed by atoms with van der Waals surface area (Å²) >= 11 is 0. The van der Waals surface area contributed by atoms with Gasteiger partial charge in [-0.3, -0.25) is 0 Å². The summed E-state index contributed by atoms with van der Waals surface area (Å²) in [5.74, 6) is 4.40. The van der Waals surface area contributed by atoms with Crippen LogP contribution in [0.2, 0.25) is 0 Å². The van der Waals surface area contributed by atoms with Gasteiger partial charge in [0.2, 0.25) is 0 Å². The molecule has 0 bridgehead atoms. The molecule has 3 heteroatoms. The molecule has 1 aliphatic rings. The van der Waals surface area contributed by atoms with Crippen molar-refractivity contribution in [1.29, 1.82) is 0 Å². The summed E-state index contributed by atoms with van der Waals surface area (Å²) in [5.41, 5.74) is 1.13. The molecule has 3 nitrogen and oxygen atoms in total. The zero-order valence-electron chi connectivity index (χ0n) is 10.7. The van der Waals surface area contributed by atoms with Crippen molar-refractivity contribution >= 4 is 0 Å². The Bertz CT molecular complexity index is 437. The molecule has 1 aliphatic heterocycles. The second-order valence-corrected chi connectivity index (χ2v) is 4.34. The first-order valence-electron chi connectivity index (χ1n) is 6.39. The quantitative estimate of drug-likeness (QED) is 0.808. The Balaban J connectivity index is 2.03. The molecule has 0 amide bonds. The third-order valence-corrected chi connectivity index (χ3v) is 3.09. The van der Waals surface area contributed by atoms with Crippen molar-refractivity contribution < 1.29 is 9.47 Å². The van der Waals surface area contributed by atoms with E-state index in [9.17, 15) is 0 Å². The maximum absolute atomic E-state index is 5.68. The van der Waals surface area contributed by atoms with Crippen LogP contribution in [0.5, 0.6) is 11.5 Å². The molecule has 0 fully saturated rings. The van der Waals surface area contributed by atoms with Crippen molar-refractivity contribution in [2.24, 2.45) is 0 Å². The van der Waals surface area contributed by atoms with Crippen molar-refractivity contribution in [2.75, 3.05) is 13.2 Å². The summed E-state index contributed by atoms with van der Waals surface area (Å²) < 4.78 is 11.2. The molecule has 1 N–H and O–H groups in total. The Morgan fingerprint density at radius 3 is 3.00 bits per heavy atom. The molecule has 0 saturated heterocycles. The fourth-order valence-corrected chi connectivity index (χ4v) is 2.03. The summed E-state index contributed by atoms with van der Waals surface area (Å²) in [4.78, 5) is 0. The summed E-state index contributed by atoms with van der Waals surface area (Å²) in [6.45, 7) is 4.13. The van der Waals surface area contributed by atoms with E-state index in [1.807, 2.05) is 12.1 Å². The highest BCUT2D eigenvalue weighted by Crippen LogP contribution is 2.33. The van der Waals surface area contributed by atoms with Crippen molar-refractivity contribution in [1.82, 2.24) is 5.32 Å². The van der Waals surface area contributed by atoms with Gasteiger partial charge in [0.1, 0.15) is 13.2 Å². The second-order valence-electron chi connectivity index (χ2n) is 4.34. The van der Waals surface area contributed by atoms with E-state index in [0.29, 0.717) is 19.3 Å². The summed E-state index contributed by atoms with van der Waals surface area (Å²) in [6.07, 6.45) is 7.13. The lowest BCUT2D eigenvalue weighted by Crippen LogP contribution is -2.28. The first-order valence-corrected chi connectivity index (χ1v) is 6.39. The molecule has 1 unspecified atom stereocenters. The number of nitrogens with one attached hydrogen (secondary N) is 1. The molecule has 0 radical (unpaired) electrons. The van der Waals surface area contributed by atoms with Gasteiger partial charge in [-0.25, -0.2) is 0 Å². The minimum atomic E-state index is 0.357. The monoisotopic (exact) mass is 245 g/mol. The molecular weight excluding hydrogens is 226 g/mol. The van der Waals surface area contributed by atoms with Crippen LogP contribution in [0.4, 0.5) is 0 Å². The van der Waals surface area contributed by atoms with Crippen LogP contribution in [-0.2, 0) is 6.54 Å². The summed E-state index contributed by atoms with van der Waals surface area (Å²) in [5, 5.41) is 3.46. The Kier molecular flexibility index (Phi) is 4.49. The first kappa shape index (κ1) is 12.8. The maximum atomic E-state index is 5.68. The number of fused-ring (bicyclic) bond motifs is 1. The van der Waals surface area contributed by atoms with E-state index >= 15 is 0 Å². The largest absolute Gasteiger partial charge is 0.486 e. The average molecular weight is 245 g/mol. The molecule has 96 valence electrons. The SMILES string of the molecule is C#CCC(CC)NCc1cccc2c1OCCO2. The maximum Gasteiger partial charge on any atom is 0.165 e.